The van der Waals surface area contributed by atoms with Crippen LogP contribution < -0.4 is 85.3 Å². The summed E-state index contributed by atoms with van der Waals surface area (Å²) < 4.78 is 0. The number of Topliss-reactive ketones (excluding diaryl/α,β-unsaturated/α-hetero) is 1. The summed E-state index contributed by atoms with van der Waals surface area (Å²) in [6.07, 6.45) is 1.08. The van der Waals surface area contributed by atoms with Crippen LogP contribution in [0.1, 0.15) is 46.1 Å². The van der Waals surface area contributed by atoms with Crippen LogP contribution in [0.25, 0.3) is 0 Å². The third kappa shape index (κ3) is 17.9. The summed E-state index contributed by atoms with van der Waals surface area (Å²) in [7, 11) is 0. The van der Waals surface area contributed by atoms with E-state index >= 15 is 0 Å². The first kappa shape index (κ1) is 33.0. The van der Waals surface area contributed by atoms with Crippen LogP contribution in [0.2, 0.25) is 0 Å². The van der Waals surface area contributed by atoms with Crippen LogP contribution in [0.4, 0.5) is 0 Å². The maximum Gasteiger partial charge on any atom is 1.00 e. The molecule has 0 aromatic heterocycles. The van der Waals surface area contributed by atoms with Gasteiger partial charge in [-0.25, -0.2) is 0 Å². The van der Waals surface area contributed by atoms with Crippen molar-refractivity contribution in [2.24, 2.45) is 11.7 Å². The van der Waals surface area contributed by atoms with Crippen molar-refractivity contribution in [1.82, 2.24) is 10.6 Å². The maximum absolute atomic E-state index is 11.7. The topological polar surface area (TPSA) is 118 Å². The van der Waals surface area contributed by atoms with E-state index in [2.05, 4.69) is 31.4 Å². The van der Waals surface area contributed by atoms with Crippen LogP contribution in [0.3, 0.4) is 0 Å². The van der Waals surface area contributed by atoms with Gasteiger partial charge < -0.3 is 23.8 Å². The average Bonchev–Trinajstić information content (AvgIpc) is 2.62. The van der Waals surface area contributed by atoms with Gasteiger partial charge in [0.25, 0.3) is 5.91 Å². The Morgan fingerprint density at radius 1 is 1.00 bits per heavy atom. The van der Waals surface area contributed by atoms with E-state index in [0.717, 1.165) is 11.5 Å². The first-order valence-corrected chi connectivity index (χ1v) is 9.10. The number of nitrogens with two attached hydrogens (primary N) is 1. The standard InChI is InChI=1S/C16H21N3O4.C4H10.CH3.Cs/c1-2-12(15(22)16(17)23)19-14(21)10-18-13(20)9-8-11-6-4-3-5-7-11;1-4(2)3;;/h3-7,12H,2,8-10H2,1H3,(H2,17,23)(H,18,20)(H,19,21);4H,1-3H3;1H3;/q;;-1;+1. The summed E-state index contributed by atoms with van der Waals surface area (Å²) in [6.45, 7) is 7.89. The third-order valence-corrected chi connectivity index (χ3v) is 3.23. The van der Waals surface area contributed by atoms with Gasteiger partial charge in [0.05, 0.1) is 12.6 Å². The van der Waals surface area contributed by atoms with Crippen molar-refractivity contribution in [2.75, 3.05) is 6.54 Å². The number of amides is 3. The predicted octanol–water partition coefficient (Wildman–Crippen LogP) is -1.20. The van der Waals surface area contributed by atoms with Crippen molar-refractivity contribution in [1.29, 1.82) is 0 Å². The minimum atomic E-state index is -1.09. The normalized spacial score (nSPS) is 10.2. The smallest absolute Gasteiger partial charge is 0.363 e. The SMILES string of the molecule is CC(C)C.CCC(NC(=O)CNC(=O)CCc1ccccc1)C(=O)C(N)=O.[CH3-].[Cs+]. The largest absolute Gasteiger partial charge is 1.00 e. The van der Waals surface area contributed by atoms with Crippen molar-refractivity contribution in [3.05, 3.63) is 43.3 Å². The fraction of sp³-hybridized carbons (Fsp3) is 0.476. The Balaban J connectivity index is -0.00000103. The third-order valence-electron chi connectivity index (χ3n) is 3.23. The predicted molar refractivity (Wildman–Crippen MR) is 111 cm³/mol. The minimum Gasteiger partial charge on any atom is -0.363 e. The van der Waals surface area contributed by atoms with Crippen molar-refractivity contribution in [3.63, 3.8) is 0 Å². The number of rotatable bonds is 9. The summed E-state index contributed by atoms with van der Waals surface area (Å²) in [5.41, 5.74) is 5.93. The molecule has 0 aliphatic rings. The van der Waals surface area contributed by atoms with E-state index in [1.807, 2.05) is 30.3 Å². The van der Waals surface area contributed by atoms with Crippen LogP contribution >= 0.6 is 0 Å². The van der Waals surface area contributed by atoms with Gasteiger partial charge >= 0.3 is 68.9 Å². The van der Waals surface area contributed by atoms with E-state index in [4.69, 9.17) is 5.73 Å². The number of nitrogens with one attached hydrogen (secondary N) is 2. The van der Waals surface area contributed by atoms with E-state index in [-0.39, 0.29) is 102 Å². The minimum absolute atomic E-state index is 0. The van der Waals surface area contributed by atoms with E-state index in [9.17, 15) is 19.2 Å². The molecular formula is C21H34CsN3O4. The molecule has 0 fully saturated rings. The molecule has 1 aromatic rings. The quantitative estimate of drug-likeness (QED) is 0.277. The molecule has 0 aliphatic heterocycles. The molecule has 158 valence electrons. The van der Waals surface area contributed by atoms with Gasteiger partial charge in [0.2, 0.25) is 17.6 Å². The van der Waals surface area contributed by atoms with E-state index in [1.54, 1.807) is 6.92 Å². The van der Waals surface area contributed by atoms with Gasteiger partial charge in [-0.2, -0.15) is 0 Å². The molecule has 4 N–H and O–H groups in total. The van der Waals surface area contributed by atoms with E-state index < -0.39 is 23.6 Å². The zero-order chi connectivity index (χ0) is 20.8. The average molecular weight is 525 g/mol. The first-order chi connectivity index (χ1) is 12.7. The number of aryl methyl sites for hydroxylation is 1. The zero-order valence-corrected chi connectivity index (χ0v) is 24.9. The van der Waals surface area contributed by atoms with E-state index in [0.29, 0.717) is 6.42 Å². The molecule has 0 heterocycles. The van der Waals surface area contributed by atoms with Gasteiger partial charge in [-0.05, 0) is 24.3 Å². The molecule has 1 rings (SSSR count). The van der Waals surface area contributed by atoms with Crippen molar-refractivity contribution >= 4 is 23.5 Å². The van der Waals surface area contributed by atoms with E-state index in [1.165, 1.54) is 0 Å². The molecule has 0 saturated heterocycles. The number of hydrogen-bond acceptors (Lipinski definition) is 4. The fourth-order valence-corrected chi connectivity index (χ4v) is 1.94. The second-order valence-corrected chi connectivity index (χ2v) is 6.75. The monoisotopic (exact) mass is 525 g/mol. The molecule has 1 aromatic carbocycles. The van der Waals surface area contributed by atoms with Crippen molar-refractivity contribution in [3.8, 4) is 0 Å². The molecule has 0 bridgehead atoms. The van der Waals surface area contributed by atoms with Gasteiger partial charge in [0.1, 0.15) is 0 Å². The number of primary amides is 1. The molecule has 1 atom stereocenters. The van der Waals surface area contributed by atoms with Gasteiger partial charge in [0, 0.05) is 6.42 Å². The van der Waals surface area contributed by atoms with Gasteiger partial charge in [-0.1, -0.05) is 58.0 Å². The van der Waals surface area contributed by atoms with Crippen LogP contribution in [-0.2, 0) is 25.6 Å². The van der Waals surface area contributed by atoms with Crippen LogP contribution in [0, 0.1) is 13.3 Å². The number of ketones is 1. The summed E-state index contributed by atoms with van der Waals surface area (Å²) in [5.74, 6) is -1.92. The fourth-order valence-electron chi connectivity index (χ4n) is 1.94. The Morgan fingerprint density at radius 2 is 1.52 bits per heavy atom. The zero-order valence-electron chi connectivity index (χ0n) is 18.6. The molecule has 0 radical (unpaired) electrons. The summed E-state index contributed by atoms with van der Waals surface area (Å²) in [6, 6.07) is 8.55. The summed E-state index contributed by atoms with van der Waals surface area (Å²) >= 11 is 0. The molecule has 7 nitrogen and oxygen atoms in total. The Kier molecular flexibility index (Phi) is 22.0. The van der Waals surface area contributed by atoms with Gasteiger partial charge in [0.15, 0.2) is 0 Å². The molecule has 0 spiro atoms. The first-order valence-electron chi connectivity index (χ1n) is 9.10. The summed E-state index contributed by atoms with van der Waals surface area (Å²) in [5, 5.41) is 4.84. The van der Waals surface area contributed by atoms with Crippen molar-refractivity contribution in [2.45, 2.75) is 53.0 Å². The second-order valence-electron chi connectivity index (χ2n) is 6.75. The summed E-state index contributed by atoms with van der Waals surface area (Å²) in [4.78, 5) is 45.6. The molecule has 0 saturated carbocycles. The number of carbonyl (C=O) groups is 4. The molecular weight excluding hydrogens is 491 g/mol. The number of hydrogen-bond donors (Lipinski definition) is 3. The van der Waals surface area contributed by atoms with Gasteiger partial charge in [-0.15, -0.1) is 0 Å². The van der Waals surface area contributed by atoms with Crippen LogP contribution in [0.5, 0.6) is 0 Å². The second kappa shape index (κ2) is 19.3. The Bertz CT molecular complexity index is 619. The van der Waals surface area contributed by atoms with Gasteiger partial charge in [-0.3, -0.25) is 19.2 Å². The number of carbonyl (C=O) groups excluding carboxylic acids is 4. The number of benzene rings is 1. The molecule has 1 unspecified atom stereocenters. The molecule has 0 aliphatic carbocycles. The molecule has 29 heavy (non-hydrogen) atoms. The Labute approximate surface area is 233 Å². The van der Waals surface area contributed by atoms with Crippen LogP contribution in [0.15, 0.2) is 30.3 Å². The Morgan fingerprint density at radius 3 is 1.97 bits per heavy atom. The Hall–Kier alpha value is -0.648. The molecule has 8 heteroatoms. The van der Waals surface area contributed by atoms with Crippen molar-refractivity contribution < 1.29 is 88.1 Å². The maximum atomic E-state index is 11.7. The molecule has 3 amide bonds. The van der Waals surface area contributed by atoms with Crippen LogP contribution in [-0.4, -0.2) is 36.1 Å².